The minimum Gasteiger partial charge on any atom is -0.481 e. The largest absolute Gasteiger partial charge is 0.481 e. The Balaban J connectivity index is 2.45. The third kappa shape index (κ3) is 1.88. The Labute approximate surface area is 97.5 Å². The Morgan fingerprint density at radius 1 is 1.62 bits per heavy atom. The summed E-state index contributed by atoms with van der Waals surface area (Å²) >= 11 is 6.14. The number of halogens is 1. The molecule has 0 aliphatic heterocycles. The van der Waals surface area contributed by atoms with Crippen LogP contribution in [0.4, 0.5) is 0 Å². The number of aliphatic carboxylic acids is 1. The van der Waals surface area contributed by atoms with Crippen LogP contribution in [-0.4, -0.2) is 20.5 Å². The van der Waals surface area contributed by atoms with Gasteiger partial charge in [-0.05, 0) is 12.1 Å². The lowest BCUT2D eigenvalue weighted by Gasteiger charge is -2.04. The number of carbonyl (C=O) groups is 1. The van der Waals surface area contributed by atoms with Gasteiger partial charge in [0.1, 0.15) is 10.8 Å². The first-order valence-corrected chi connectivity index (χ1v) is 5.31. The second-order valence-electron chi connectivity index (χ2n) is 3.72. The Hall–Kier alpha value is -1.55. The molecular formula is C11H11ClN2O2. The van der Waals surface area contributed by atoms with Crippen LogP contribution in [0.5, 0.6) is 0 Å². The van der Waals surface area contributed by atoms with Crippen LogP contribution >= 0.6 is 11.6 Å². The maximum absolute atomic E-state index is 10.6. The van der Waals surface area contributed by atoms with Crippen LogP contribution < -0.4 is 0 Å². The van der Waals surface area contributed by atoms with Gasteiger partial charge in [0.2, 0.25) is 0 Å². The van der Waals surface area contributed by atoms with Gasteiger partial charge in [0.25, 0.3) is 0 Å². The fourth-order valence-corrected chi connectivity index (χ4v) is 2.03. The van der Waals surface area contributed by atoms with E-state index >= 15 is 0 Å². The molecule has 0 aliphatic carbocycles. The second-order valence-corrected chi connectivity index (χ2v) is 4.07. The van der Waals surface area contributed by atoms with Crippen molar-refractivity contribution in [2.45, 2.75) is 19.3 Å². The highest BCUT2D eigenvalue weighted by Crippen LogP contribution is 2.27. The Kier molecular flexibility index (Phi) is 2.83. The maximum Gasteiger partial charge on any atom is 0.304 e. The molecule has 0 saturated carbocycles. The second kappa shape index (κ2) is 4.14. The lowest BCUT2D eigenvalue weighted by molar-refractivity contribution is -0.137. The van der Waals surface area contributed by atoms with E-state index in [4.69, 9.17) is 16.7 Å². The molecule has 16 heavy (non-hydrogen) atoms. The van der Waals surface area contributed by atoms with Crippen molar-refractivity contribution in [3.63, 3.8) is 0 Å². The molecule has 0 aromatic carbocycles. The Morgan fingerprint density at radius 2 is 2.38 bits per heavy atom. The summed E-state index contributed by atoms with van der Waals surface area (Å²) in [4.78, 5) is 15.0. The number of pyridine rings is 1. The summed E-state index contributed by atoms with van der Waals surface area (Å²) in [6.07, 6.45) is 1.84. The van der Waals surface area contributed by atoms with Crippen LogP contribution in [0.15, 0.2) is 24.4 Å². The molecule has 2 rings (SSSR count). The van der Waals surface area contributed by atoms with E-state index in [2.05, 4.69) is 4.98 Å². The molecule has 1 N–H and O–H groups in total. The highest BCUT2D eigenvalue weighted by molar-refractivity contribution is 6.30. The van der Waals surface area contributed by atoms with Crippen molar-refractivity contribution < 1.29 is 9.90 Å². The minimum atomic E-state index is -0.847. The Bertz CT molecular complexity index is 536. The van der Waals surface area contributed by atoms with Crippen molar-refractivity contribution in [1.82, 2.24) is 9.38 Å². The molecule has 0 amide bonds. The lowest BCUT2D eigenvalue weighted by atomic mass is 10.1. The monoisotopic (exact) mass is 238 g/mol. The molecule has 1 atom stereocenters. The summed E-state index contributed by atoms with van der Waals surface area (Å²) in [5.41, 5.74) is 1.37. The highest BCUT2D eigenvalue weighted by Gasteiger charge is 2.18. The number of aromatic nitrogens is 2. The van der Waals surface area contributed by atoms with Crippen molar-refractivity contribution in [2.24, 2.45) is 0 Å². The number of nitrogens with zero attached hydrogens (tertiary/aromatic N) is 2. The normalized spacial score (nSPS) is 12.9. The maximum atomic E-state index is 10.6. The van der Waals surface area contributed by atoms with Crippen LogP contribution in [0, 0.1) is 0 Å². The fourth-order valence-electron chi connectivity index (χ4n) is 1.66. The first-order valence-electron chi connectivity index (χ1n) is 4.94. The van der Waals surface area contributed by atoms with Gasteiger partial charge < -0.3 is 5.11 Å². The minimum absolute atomic E-state index is 0.0314. The predicted molar refractivity (Wildman–Crippen MR) is 60.9 cm³/mol. The van der Waals surface area contributed by atoms with E-state index in [9.17, 15) is 4.79 Å². The van der Waals surface area contributed by atoms with Crippen molar-refractivity contribution in [2.75, 3.05) is 0 Å². The van der Waals surface area contributed by atoms with Gasteiger partial charge in [-0.1, -0.05) is 24.6 Å². The van der Waals surface area contributed by atoms with Crippen LogP contribution in [0.3, 0.4) is 0 Å². The molecule has 84 valence electrons. The summed E-state index contributed by atoms with van der Waals surface area (Å²) in [7, 11) is 0. The number of rotatable bonds is 3. The van der Waals surface area contributed by atoms with E-state index in [1.807, 2.05) is 31.3 Å². The molecule has 2 aromatic heterocycles. The van der Waals surface area contributed by atoms with Gasteiger partial charge in [0, 0.05) is 12.1 Å². The zero-order valence-electron chi connectivity index (χ0n) is 8.72. The number of hydrogen-bond acceptors (Lipinski definition) is 2. The topological polar surface area (TPSA) is 54.6 Å². The van der Waals surface area contributed by atoms with Gasteiger partial charge in [-0.25, -0.2) is 4.98 Å². The lowest BCUT2D eigenvalue weighted by Crippen LogP contribution is -2.03. The predicted octanol–water partition coefficient (Wildman–Crippen LogP) is 2.57. The van der Waals surface area contributed by atoms with Gasteiger partial charge in [0.05, 0.1) is 12.1 Å². The summed E-state index contributed by atoms with van der Waals surface area (Å²) in [6, 6.07) is 5.55. The first-order chi connectivity index (χ1) is 7.59. The molecule has 5 heteroatoms. The number of hydrogen-bond donors (Lipinski definition) is 1. The van der Waals surface area contributed by atoms with E-state index in [0.29, 0.717) is 10.8 Å². The molecule has 0 bridgehead atoms. The quantitative estimate of drug-likeness (QED) is 0.894. The van der Waals surface area contributed by atoms with E-state index in [1.165, 1.54) is 0 Å². The van der Waals surface area contributed by atoms with Gasteiger partial charge >= 0.3 is 5.97 Å². The average molecular weight is 239 g/mol. The number of carboxylic acid groups (broad SMARTS) is 1. The summed E-state index contributed by atoms with van der Waals surface area (Å²) in [5.74, 6) is -1.04. The molecule has 0 fully saturated rings. The number of carboxylic acids is 1. The molecule has 0 radical (unpaired) electrons. The van der Waals surface area contributed by atoms with Crippen LogP contribution in [0.25, 0.3) is 5.65 Å². The molecule has 2 heterocycles. The van der Waals surface area contributed by atoms with Gasteiger partial charge in [-0.15, -0.1) is 0 Å². The molecule has 4 nitrogen and oxygen atoms in total. The van der Waals surface area contributed by atoms with Crippen molar-refractivity contribution >= 4 is 23.2 Å². The van der Waals surface area contributed by atoms with Crippen LogP contribution in [-0.2, 0) is 4.79 Å². The molecule has 0 aliphatic rings. The zero-order chi connectivity index (χ0) is 11.7. The van der Waals surface area contributed by atoms with Gasteiger partial charge in [-0.2, -0.15) is 0 Å². The number of imidazole rings is 1. The summed E-state index contributed by atoms with van der Waals surface area (Å²) in [5, 5.41) is 9.22. The molecule has 2 aromatic rings. The van der Waals surface area contributed by atoms with E-state index in [0.717, 1.165) is 5.65 Å². The van der Waals surface area contributed by atoms with Crippen LogP contribution in [0.2, 0.25) is 5.15 Å². The van der Waals surface area contributed by atoms with E-state index in [1.54, 1.807) is 4.40 Å². The van der Waals surface area contributed by atoms with Crippen molar-refractivity contribution in [3.8, 4) is 0 Å². The SMILES string of the molecule is CC(CC(=O)O)c1nc2ccccn2c1Cl. The Morgan fingerprint density at radius 3 is 3.00 bits per heavy atom. The average Bonchev–Trinajstić information content (AvgIpc) is 2.56. The number of fused-ring (bicyclic) bond motifs is 1. The van der Waals surface area contributed by atoms with E-state index < -0.39 is 5.97 Å². The van der Waals surface area contributed by atoms with Crippen molar-refractivity contribution in [3.05, 3.63) is 35.2 Å². The van der Waals surface area contributed by atoms with Gasteiger partial charge in [-0.3, -0.25) is 9.20 Å². The first kappa shape index (κ1) is 11.0. The third-order valence-corrected chi connectivity index (χ3v) is 2.82. The molecule has 0 spiro atoms. The van der Waals surface area contributed by atoms with Crippen LogP contribution in [0.1, 0.15) is 25.0 Å². The third-order valence-electron chi connectivity index (χ3n) is 2.44. The van der Waals surface area contributed by atoms with Crippen molar-refractivity contribution in [1.29, 1.82) is 0 Å². The molecule has 0 saturated heterocycles. The smallest absolute Gasteiger partial charge is 0.304 e. The summed E-state index contributed by atoms with van der Waals surface area (Å²) in [6.45, 7) is 1.81. The van der Waals surface area contributed by atoms with E-state index in [-0.39, 0.29) is 12.3 Å². The fraction of sp³-hybridized carbons (Fsp3) is 0.273. The highest BCUT2D eigenvalue weighted by atomic mass is 35.5. The summed E-state index contributed by atoms with van der Waals surface area (Å²) < 4.78 is 1.75. The van der Waals surface area contributed by atoms with Gasteiger partial charge in [0.15, 0.2) is 0 Å². The molecular weight excluding hydrogens is 228 g/mol. The molecule has 1 unspecified atom stereocenters. The zero-order valence-corrected chi connectivity index (χ0v) is 9.48. The standard InChI is InChI=1S/C11H11ClN2O2/c1-7(6-9(15)16)10-11(12)14-5-3-2-4-8(14)13-10/h2-5,7H,6H2,1H3,(H,15,16).